The van der Waals surface area contributed by atoms with Crippen molar-refractivity contribution in [3.8, 4) is 0 Å². The molecule has 4 heteroatoms. The number of rotatable bonds is 7. The van der Waals surface area contributed by atoms with Crippen molar-refractivity contribution in [2.24, 2.45) is 0 Å². The molecule has 2 N–H and O–H groups in total. The van der Waals surface area contributed by atoms with Crippen molar-refractivity contribution < 1.29 is 9.84 Å². The van der Waals surface area contributed by atoms with Gasteiger partial charge in [-0.3, -0.25) is 0 Å². The van der Waals surface area contributed by atoms with Crippen molar-refractivity contribution >= 4 is 11.6 Å². The highest BCUT2D eigenvalue weighted by atomic mass is 35.5. The lowest BCUT2D eigenvalue weighted by Crippen LogP contribution is -2.38. The number of benzene rings is 2. The SMILES string of the molecule is CO[C@@H](c1ccc(Cl)cc1)[C@@H](CO)NCc1ccccc1. The van der Waals surface area contributed by atoms with Gasteiger partial charge in [0.25, 0.3) is 0 Å². The number of aliphatic hydroxyl groups excluding tert-OH is 1. The second kappa shape index (κ2) is 8.15. The monoisotopic (exact) mass is 305 g/mol. The first-order valence-corrected chi connectivity index (χ1v) is 7.29. The van der Waals surface area contributed by atoms with Crippen molar-refractivity contribution in [2.45, 2.75) is 18.7 Å². The number of halogens is 1. The average Bonchev–Trinajstić information content (AvgIpc) is 2.53. The normalized spacial score (nSPS) is 13.9. The van der Waals surface area contributed by atoms with Gasteiger partial charge in [0.15, 0.2) is 0 Å². The van der Waals surface area contributed by atoms with Crippen LogP contribution in [0.2, 0.25) is 5.02 Å². The molecule has 0 aliphatic heterocycles. The minimum atomic E-state index is -0.226. The molecular weight excluding hydrogens is 286 g/mol. The van der Waals surface area contributed by atoms with Gasteiger partial charge in [-0.15, -0.1) is 0 Å². The van der Waals surface area contributed by atoms with Crippen LogP contribution in [-0.2, 0) is 11.3 Å². The summed E-state index contributed by atoms with van der Waals surface area (Å²) in [6.45, 7) is 0.674. The summed E-state index contributed by atoms with van der Waals surface area (Å²) in [5.74, 6) is 0. The molecule has 0 aliphatic carbocycles. The molecule has 0 radical (unpaired) electrons. The fraction of sp³-hybridized carbons (Fsp3) is 0.294. The molecular formula is C17H20ClNO2. The third kappa shape index (κ3) is 4.55. The Labute approximate surface area is 130 Å². The zero-order valence-electron chi connectivity index (χ0n) is 12.0. The maximum absolute atomic E-state index is 9.65. The molecule has 112 valence electrons. The maximum atomic E-state index is 9.65. The van der Waals surface area contributed by atoms with Crippen molar-refractivity contribution in [3.05, 3.63) is 70.7 Å². The van der Waals surface area contributed by atoms with Crippen LogP contribution in [0.3, 0.4) is 0 Å². The smallest absolute Gasteiger partial charge is 0.0996 e. The molecule has 21 heavy (non-hydrogen) atoms. The predicted octanol–water partition coefficient (Wildman–Crippen LogP) is 3.18. The van der Waals surface area contributed by atoms with Gasteiger partial charge in [-0.1, -0.05) is 54.1 Å². The van der Waals surface area contributed by atoms with Crippen molar-refractivity contribution in [1.82, 2.24) is 5.32 Å². The van der Waals surface area contributed by atoms with Gasteiger partial charge in [0.05, 0.1) is 18.8 Å². The molecule has 2 aromatic rings. The highest BCUT2D eigenvalue weighted by Crippen LogP contribution is 2.22. The number of ether oxygens (including phenoxy) is 1. The molecule has 0 heterocycles. The van der Waals surface area contributed by atoms with Crippen LogP contribution in [0.15, 0.2) is 54.6 Å². The molecule has 0 aliphatic rings. The number of hydrogen-bond donors (Lipinski definition) is 2. The minimum Gasteiger partial charge on any atom is -0.395 e. The van der Waals surface area contributed by atoms with Crippen LogP contribution in [0.5, 0.6) is 0 Å². The van der Waals surface area contributed by atoms with E-state index in [1.807, 2.05) is 54.6 Å². The highest BCUT2D eigenvalue weighted by Gasteiger charge is 2.22. The van der Waals surface area contributed by atoms with E-state index in [0.29, 0.717) is 11.6 Å². The minimum absolute atomic E-state index is 0.00599. The van der Waals surface area contributed by atoms with Gasteiger partial charge in [-0.2, -0.15) is 0 Å². The summed E-state index contributed by atoms with van der Waals surface area (Å²) in [7, 11) is 1.64. The molecule has 0 bridgehead atoms. The Morgan fingerprint density at radius 2 is 1.76 bits per heavy atom. The van der Waals surface area contributed by atoms with Crippen LogP contribution in [0.4, 0.5) is 0 Å². The highest BCUT2D eigenvalue weighted by molar-refractivity contribution is 6.30. The van der Waals surface area contributed by atoms with Crippen molar-refractivity contribution in [2.75, 3.05) is 13.7 Å². The number of hydrogen-bond acceptors (Lipinski definition) is 3. The molecule has 0 saturated carbocycles. The second-order valence-electron chi connectivity index (χ2n) is 4.86. The van der Waals surface area contributed by atoms with E-state index in [-0.39, 0.29) is 18.8 Å². The Morgan fingerprint density at radius 3 is 2.33 bits per heavy atom. The standard InChI is InChI=1S/C17H20ClNO2/c1-21-17(14-7-9-15(18)10-8-14)16(12-20)19-11-13-5-3-2-4-6-13/h2-10,16-17,19-20H,11-12H2,1H3/t16-,17+/m1/s1. The number of nitrogens with one attached hydrogen (secondary N) is 1. The van der Waals surface area contributed by atoms with Gasteiger partial charge in [0.2, 0.25) is 0 Å². The predicted molar refractivity (Wildman–Crippen MR) is 85.4 cm³/mol. The lowest BCUT2D eigenvalue weighted by Gasteiger charge is -2.26. The van der Waals surface area contributed by atoms with Gasteiger partial charge in [-0.25, -0.2) is 0 Å². The van der Waals surface area contributed by atoms with Gasteiger partial charge in [0, 0.05) is 18.7 Å². The van der Waals surface area contributed by atoms with Crippen LogP contribution in [0.1, 0.15) is 17.2 Å². The first-order valence-electron chi connectivity index (χ1n) is 6.91. The third-order valence-corrected chi connectivity index (χ3v) is 3.68. The van der Waals surface area contributed by atoms with Crippen LogP contribution in [-0.4, -0.2) is 24.9 Å². The molecule has 0 spiro atoms. The molecule has 2 rings (SSSR count). The summed E-state index contributed by atoms with van der Waals surface area (Å²) in [5, 5.41) is 13.7. The van der Waals surface area contributed by atoms with Gasteiger partial charge in [-0.05, 0) is 23.3 Å². The fourth-order valence-electron chi connectivity index (χ4n) is 2.30. The van der Waals surface area contributed by atoms with Crippen LogP contribution >= 0.6 is 11.6 Å². The summed E-state index contributed by atoms with van der Waals surface area (Å²) in [6, 6.07) is 17.4. The first-order chi connectivity index (χ1) is 10.2. The Balaban J connectivity index is 2.05. The van der Waals surface area contributed by atoms with E-state index in [9.17, 15) is 5.11 Å². The Kier molecular flexibility index (Phi) is 6.21. The van der Waals surface area contributed by atoms with Crippen molar-refractivity contribution in [3.63, 3.8) is 0 Å². The van der Waals surface area contributed by atoms with Crippen LogP contribution in [0, 0.1) is 0 Å². The van der Waals surface area contributed by atoms with Crippen LogP contribution < -0.4 is 5.32 Å². The Hall–Kier alpha value is -1.39. The molecule has 3 nitrogen and oxygen atoms in total. The summed E-state index contributed by atoms with van der Waals surface area (Å²) in [6.07, 6.45) is -0.226. The molecule has 0 aromatic heterocycles. The lowest BCUT2D eigenvalue weighted by molar-refractivity contribution is 0.0442. The Morgan fingerprint density at radius 1 is 1.10 bits per heavy atom. The second-order valence-corrected chi connectivity index (χ2v) is 5.30. The van der Waals surface area contributed by atoms with Crippen LogP contribution in [0.25, 0.3) is 0 Å². The quantitative estimate of drug-likeness (QED) is 0.825. The van der Waals surface area contributed by atoms with E-state index >= 15 is 0 Å². The zero-order valence-corrected chi connectivity index (χ0v) is 12.8. The summed E-state index contributed by atoms with van der Waals surface area (Å²) < 4.78 is 5.55. The van der Waals surface area contributed by atoms with Gasteiger partial charge < -0.3 is 15.2 Å². The summed E-state index contributed by atoms with van der Waals surface area (Å²) in [5.41, 5.74) is 2.16. The molecule has 2 atom stereocenters. The van der Waals surface area contributed by atoms with Gasteiger partial charge >= 0.3 is 0 Å². The van der Waals surface area contributed by atoms with Gasteiger partial charge in [0.1, 0.15) is 0 Å². The maximum Gasteiger partial charge on any atom is 0.0996 e. The number of aliphatic hydroxyl groups is 1. The number of methoxy groups -OCH3 is 1. The molecule has 2 aromatic carbocycles. The van der Waals surface area contributed by atoms with E-state index in [2.05, 4.69) is 5.32 Å². The fourth-order valence-corrected chi connectivity index (χ4v) is 2.42. The van der Waals surface area contributed by atoms with E-state index < -0.39 is 0 Å². The molecule has 0 unspecified atom stereocenters. The zero-order chi connectivity index (χ0) is 15.1. The molecule has 0 saturated heterocycles. The van der Waals surface area contributed by atoms with E-state index in [4.69, 9.17) is 16.3 Å². The third-order valence-electron chi connectivity index (χ3n) is 3.43. The molecule has 0 fully saturated rings. The average molecular weight is 306 g/mol. The lowest BCUT2D eigenvalue weighted by atomic mass is 10.0. The largest absolute Gasteiger partial charge is 0.395 e. The first kappa shape index (κ1) is 16.0. The van der Waals surface area contributed by atoms with E-state index in [0.717, 1.165) is 5.56 Å². The summed E-state index contributed by atoms with van der Waals surface area (Å²) in [4.78, 5) is 0. The van der Waals surface area contributed by atoms with E-state index in [1.165, 1.54) is 5.56 Å². The van der Waals surface area contributed by atoms with Crippen molar-refractivity contribution in [1.29, 1.82) is 0 Å². The Bertz CT molecular complexity index is 530. The molecule has 0 amide bonds. The van der Waals surface area contributed by atoms with E-state index in [1.54, 1.807) is 7.11 Å². The topological polar surface area (TPSA) is 41.5 Å². The summed E-state index contributed by atoms with van der Waals surface area (Å²) >= 11 is 5.91.